The Labute approximate surface area is 100 Å². The van der Waals surface area contributed by atoms with Crippen molar-refractivity contribution < 1.29 is 5.11 Å². The first-order valence-electron chi connectivity index (χ1n) is 5.38. The molecule has 2 rings (SSSR count). The SMILES string of the molecule is CN(c1ccc(CN)nc1)c1cccc(O)c1. The summed E-state index contributed by atoms with van der Waals surface area (Å²) in [4.78, 5) is 6.19. The minimum absolute atomic E-state index is 0.251. The molecule has 2 aromatic rings. The predicted octanol–water partition coefficient (Wildman–Crippen LogP) is 2.01. The Hall–Kier alpha value is -2.07. The van der Waals surface area contributed by atoms with E-state index >= 15 is 0 Å². The van der Waals surface area contributed by atoms with Gasteiger partial charge in [0.15, 0.2) is 0 Å². The van der Waals surface area contributed by atoms with Gasteiger partial charge in [-0.2, -0.15) is 0 Å². The molecular formula is C13H15N3O. The molecule has 17 heavy (non-hydrogen) atoms. The molecule has 0 unspecified atom stereocenters. The maximum absolute atomic E-state index is 9.43. The first kappa shape index (κ1) is 11.4. The van der Waals surface area contributed by atoms with Gasteiger partial charge in [-0.1, -0.05) is 6.07 Å². The van der Waals surface area contributed by atoms with Crippen LogP contribution in [0.25, 0.3) is 0 Å². The Kier molecular flexibility index (Phi) is 3.25. The average molecular weight is 229 g/mol. The fourth-order valence-corrected chi connectivity index (χ4v) is 1.59. The highest BCUT2D eigenvalue weighted by molar-refractivity contribution is 5.62. The number of pyridine rings is 1. The lowest BCUT2D eigenvalue weighted by Crippen LogP contribution is -2.10. The van der Waals surface area contributed by atoms with E-state index in [0.29, 0.717) is 6.54 Å². The van der Waals surface area contributed by atoms with Crippen LogP contribution in [-0.4, -0.2) is 17.1 Å². The number of aromatic hydroxyl groups is 1. The highest BCUT2D eigenvalue weighted by Gasteiger charge is 2.04. The number of nitrogens with zero attached hydrogens (tertiary/aromatic N) is 2. The molecule has 0 bridgehead atoms. The molecule has 0 spiro atoms. The van der Waals surface area contributed by atoms with Crippen molar-refractivity contribution in [1.82, 2.24) is 4.98 Å². The normalized spacial score (nSPS) is 10.2. The van der Waals surface area contributed by atoms with Crippen LogP contribution < -0.4 is 10.6 Å². The standard InChI is InChI=1S/C13H15N3O/c1-16(11-3-2-4-13(17)7-11)12-6-5-10(8-14)15-9-12/h2-7,9,17H,8,14H2,1H3. The van der Waals surface area contributed by atoms with E-state index in [1.807, 2.05) is 36.2 Å². The van der Waals surface area contributed by atoms with Gasteiger partial charge < -0.3 is 15.7 Å². The first-order valence-corrected chi connectivity index (χ1v) is 5.38. The van der Waals surface area contributed by atoms with Gasteiger partial charge in [-0.3, -0.25) is 4.98 Å². The summed E-state index contributed by atoms with van der Waals surface area (Å²) in [6.07, 6.45) is 1.77. The number of hydrogen-bond donors (Lipinski definition) is 2. The molecular weight excluding hydrogens is 214 g/mol. The molecule has 0 amide bonds. The number of rotatable bonds is 3. The Bertz CT molecular complexity index is 496. The largest absolute Gasteiger partial charge is 0.508 e. The third-order valence-corrected chi connectivity index (χ3v) is 2.62. The lowest BCUT2D eigenvalue weighted by Gasteiger charge is -2.19. The van der Waals surface area contributed by atoms with Gasteiger partial charge in [0.05, 0.1) is 17.6 Å². The number of phenols is 1. The number of anilines is 2. The molecule has 3 N–H and O–H groups in total. The van der Waals surface area contributed by atoms with Crippen molar-refractivity contribution in [3.63, 3.8) is 0 Å². The number of hydrogen-bond acceptors (Lipinski definition) is 4. The molecule has 0 atom stereocenters. The van der Waals surface area contributed by atoms with Crippen LogP contribution in [0.2, 0.25) is 0 Å². The zero-order chi connectivity index (χ0) is 12.3. The summed E-state index contributed by atoms with van der Waals surface area (Å²) < 4.78 is 0. The summed E-state index contributed by atoms with van der Waals surface area (Å²) in [5.74, 6) is 0.251. The second kappa shape index (κ2) is 4.84. The Morgan fingerprint density at radius 1 is 1.24 bits per heavy atom. The molecule has 0 radical (unpaired) electrons. The van der Waals surface area contributed by atoms with E-state index in [2.05, 4.69) is 4.98 Å². The van der Waals surface area contributed by atoms with Crippen molar-refractivity contribution in [1.29, 1.82) is 0 Å². The fraction of sp³-hybridized carbons (Fsp3) is 0.154. The van der Waals surface area contributed by atoms with Crippen LogP contribution >= 0.6 is 0 Å². The van der Waals surface area contributed by atoms with E-state index in [-0.39, 0.29) is 5.75 Å². The van der Waals surface area contributed by atoms with Crippen LogP contribution in [0, 0.1) is 0 Å². The number of benzene rings is 1. The Balaban J connectivity index is 2.27. The number of phenolic OH excluding ortho intramolecular Hbond substituents is 1. The fourth-order valence-electron chi connectivity index (χ4n) is 1.59. The monoisotopic (exact) mass is 229 g/mol. The van der Waals surface area contributed by atoms with Gasteiger partial charge in [0, 0.05) is 25.3 Å². The second-order valence-electron chi connectivity index (χ2n) is 3.79. The number of aromatic nitrogens is 1. The molecule has 1 heterocycles. The zero-order valence-corrected chi connectivity index (χ0v) is 9.67. The zero-order valence-electron chi connectivity index (χ0n) is 9.67. The van der Waals surface area contributed by atoms with Crippen molar-refractivity contribution in [3.05, 3.63) is 48.3 Å². The quantitative estimate of drug-likeness (QED) is 0.845. The molecule has 1 aromatic heterocycles. The molecule has 0 saturated heterocycles. The van der Waals surface area contributed by atoms with Crippen LogP contribution in [0.1, 0.15) is 5.69 Å². The van der Waals surface area contributed by atoms with E-state index in [0.717, 1.165) is 17.1 Å². The highest BCUT2D eigenvalue weighted by Crippen LogP contribution is 2.25. The lowest BCUT2D eigenvalue weighted by atomic mass is 10.2. The summed E-state index contributed by atoms with van der Waals surface area (Å²) in [6.45, 7) is 0.441. The van der Waals surface area contributed by atoms with Gasteiger partial charge in [-0.25, -0.2) is 0 Å². The van der Waals surface area contributed by atoms with Crippen LogP contribution in [-0.2, 0) is 6.54 Å². The Morgan fingerprint density at radius 2 is 2.06 bits per heavy atom. The van der Waals surface area contributed by atoms with Crippen LogP contribution in [0.15, 0.2) is 42.6 Å². The number of nitrogens with two attached hydrogens (primary N) is 1. The maximum atomic E-state index is 9.43. The molecule has 0 saturated carbocycles. The van der Waals surface area contributed by atoms with E-state index < -0.39 is 0 Å². The molecule has 0 aliphatic carbocycles. The van der Waals surface area contributed by atoms with E-state index in [9.17, 15) is 5.11 Å². The van der Waals surface area contributed by atoms with E-state index in [4.69, 9.17) is 5.73 Å². The van der Waals surface area contributed by atoms with Crippen molar-refractivity contribution in [2.24, 2.45) is 5.73 Å². The minimum Gasteiger partial charge on any atom is -0.508 e. The predicted molar refractivity (Wildman–Crippen MR) is 68.3 cm³/mol. The minimum atomic E-state index is 0.251. The Morgan fingerprint density at radius 3 is 2.65 bits per heavy atom. The summed E-state index contributed by atoms with van der Waals surface area (Å²) in [7, 11) is 1.92. The third-order valence-electron chi connectivity index (χ3n) is 2.62. The smallest absolute Gasteiger partial charge is 0.117 e. The topological polar surface area (TPSA) is 62.4 Å². The van der Waals surface area contributed by atoms with Gasteiger partial charge in [-0.05, 0) is 24.3 Å². The molecule has 4 heteroatoms. The van der Waals surface area contributed by atoms with Crippen molar-refractivity contribution >= 4 is 11.4 Å². The highest BCUT2D eigenvalue weighted by atomic mass is 16.3. The third kappa shape index (κ3) is 2.54. The average Bonchev–Trinajstić information content (AvgIpc) is 2.38. The van der Waals surface area contributed by atoms with Crippen molar-refractivity contribution in [2.75, 3.05) is 11.9 Å². The summed E-state index contributed by atoms with van der Waals surface area (Å²) in [5.41, 5.74) is 8.22. The molecule has 4 nitrogen and oxygen atoms in total. The summed E-state index contributed by atoms with van der Waals surface area (Å²) in [6, 6.07) is 10.9. The summed E-state index contributed by atoms with van der Waals surface area (Å²) >= 11 is 0. The van der Waals surface area contributed by atoms with E-state index in [1.54, 1.807) is 18.3 Å². The maximum Gasteiger partial charge on any atom is 0.117 e. The van der Waals surface area contributed by atoms with Gasteiger partial charge >= 0.3 is 0 Å². The first-order chi connectivity index (χ1) is 8.20. The van der Waals surface area contributed by atoms with E-state index in [1.165, 1.54) is 0 Å². The molecule has 88 valence electrons. The van der Waals surface area contributed by atoms with Crippen LogP contribution in [0.5, 0.6) is 5.75 Å². The molecule has 0 aliphatic rings. The molecule has 0 fully saturated rings. The van der Waals surface area contributed by atoms with Gasteiger partial charge in [0.1, 0.15) is 5.75 Å². The molecule has 0 aliphatic heterocycles. The van der Waals surface area contributed by atoms with Crippen molar-refractivity contribution in [2.45, 2.75) is 6.54 Å². The van der Waals surface area contributed by atoms with Gasteiger partial charge in [0.25, 0.3) is 0 Å². The van der Waals surface area contributed by atoms with Crippen molar-refractivity contribution in [3.8, 4) is 5.75 Å². The lowest BCUT2D eigenvalue weighted by molar-refractivity contribution is 0.475. The second-order valence-corrected chi connectivity index (χ2v) is 3.79. The van der Waals surface area contributed by atoms with Crippen LogP contribution in [0.3, 0.4) is 0 Å². The van der Waals surface area contributed by atoms with Crippen LogP contribution in [0.4, 0.5) is 11.4 Å². The summed E-state index contributed by atoms with van der Waals surface area (Å²) in [5, 5.41) is 9.43. The van der Waals surface area contributed by atoms with Gasteiger partial charge in [0.2, 0.25) is 0 Å². The molecule has 1 aromatic carbocycles. The van der Waals surface area contributed by atoms with Gasteiger partial charge in [-0.15, -0.1) is 0 Å².